The summed E-state index contributed by atoms with van der Waals surface area (Å²) >= 11 is 2.16. The average Bonchev–Trinajstić information content (AvgIpc) is 2.87. The Labute approximate surface area is 139 Å². The molecule has 0 radical (unpaired) electrons. The molecule has 0 spiro atoms. The van der Waals surface area contributed by atoms with Crippen molar-refractivity contribution in [2.45, 2.75) is 31.2 Å². The molecule has 0 unspecified atom stereocenters. The quantitative estimate of drug-likeness (QED) is 0.750. The van der Waals surface area contributed by atoms with E-state index < -0.39 is 0 Å². The SMILES string of the molecule is COc1ccc(C(=O)NC2(CN)CCCC2)c(I)c1.Cl. The van der Waals surface area contributed by atoms with E-state index >= 15 is 0 Å². The standard InChI is InChI=1S/C14H19IN2O2.ClH/c1-19-10-4-5-11(12(15)8-10)13(18)17-14(9-16)6-2-3-7-14;/h4-5,8H,2-3,6-7,9,16H2,1H3,(H,17,18);1H. The molecule has 0 bridgehead atoms. The van der Waals surface area contributed by atoms with E-state index in [1.54, 1.807) is 19.2 Å². The average molecular weight is 411 g/mol. The van der Waals surface area contributed by atoms with Crippen LogP contribution >= 0.6 is 35.0 Å². The summed E-state index contributed by atoms with van der Waals surface area (Å²) in [6.07, 6.45) is 4.22. The van der Waals surface area contributed by atoms with Crippen LogP contribution < -0.4 is 15.8 Å². The number of rotatable bonds is 4. The van der Waals surface area contributed by atoms with Gasteiger partial charge in [0.05, 0.1) is 18.2 Å². The largest absolute Gasteiger partial charge is 0.497 e. The summed E-state index contributed by atoms with van der Waals surface area (Å²) in [7, 11) is 1.62. The van der Waals surface area contributed by atoms with Crippen LogP contribution in [-0.2, 0) is 0 Å². The van der Waals surface area contributed by atoms with Gasteiger partial charge in [-0.05, 0) is 53.6 Å². The fourth-order valence-corrected chi connectivity index (χ4v) is 3.28. The van der Waals surface area contributed by atoms with Crippen molar-refractivity contribution < 1.29 is 9.53 Å². The molecule has 6 heteroatoms. The summed E-state index contributed by atoms with van der Waals surface area (Å²) in [5, 5.41) is 3.13. The number of methoxy groups -OCH3 is 1. The first-order valence-electron chi connectivity index (χ1n) is 6.46. The van der Waals surface area contributed by atoms with Crippen molar-refractivity contribution in [3.05, 3.63) is 27.3 Å². The predicted molar refractivity (Wildman–Crippen MR) is 90.7 cm³/mol. The number of benzene rings is 1. The summed E-state index contributed by atoms with van der Waals surface area (Å²) in [6, 6.07) is 5.47. The summed E-state index contributed by atoms with van der Waals surface area (Å²) in [5.74, 6) is 0.717. The van der Waals surface area contributed by atoms with Crippen LogP contribution in [0.3, 0.4) is 0 Å². The highest BCUT2D eigenvalue weighted by atomic mass is 127. The molecule has 0 aromatic heterocycles. The molecular formula is C14H20ClIN2O2. The minimum absolute atomic E-state index is 0. The number of carbonyl (C=O) groups is 1. The molecule has 112 valence electrons. The van der Waals surface area contributed by atoms with E-state index in [0.29, 0.717) is 12.1 Å². The maximum Gasteiger partial charge on any atom is 0.252 e. The Morgan fingerprint density at radius 1 is 1.45 bits per heavy atom. The van der Waals surface area contributed by atoms with Gasteiger partial charge >= 0.3 is 0 Å². The highest BCUT2D eigenvalue weighted by molar-refractivity contribution is 14.1. The Hall–Kier alpha value is -0.530. The summed E-state index contributed by atoms with van der Waals surface area (Å²) < 4.78 is 6.04. The van der Waals surface area contributed by atoms with Gasteiger partial charge in [-0.25, -0.2) is 0 Å². The summed E-state index contributed by atoms with van der Waals surface area (Å²) in [6.45, 7) is 0.505. The van der Waals surface area contributed by atoms with Crippen LogP contribution in [0.15, 0.2) is 18.2 Å². The molecule has 1 fully saturated rings. The maximum absolute atomic E-state index is 12.4. The Morgan fingerprint density at radius 2 is 2.10 bits per heavy atom. The second-order valence-corrected chi connectivity index (χ2v) is 6.15. The number of carbonyl (C=O) groups excluding carboxylic acids is 1. The zero-order valence-corrected chi connectivity index (χ0v) is 14.4. The van der Waals surface area contributed by atoms with Gasteiger partial charge in [0.1, 0.15) is 5.75 Å². The Morgan fingerprint density at radius 3 is 2.60 bits per heavy atom. The number of hydrogen-bond acceptors (Lipinski definition) is 3. The molecule has 1 aromatic carbocycles. The van der Waals surface area contributed by atoms with Gasteiger partial charge in [-0.1, -0.05) is 12.8 Å². The molecule has 4 nitrogen and oxygen atoms in total. The van der Waals surface area contributed by atoms with Crippen molar-refractivity contribution in [2.24, 2.45) is 5.73 Å². The molecule has 1 amide bonds. The topological polar surface area (TPSA) is 64.3 Å². The molecule has 20 heavy (non-hydrogen) atoms. The number of amides is 1. The zero-order valence-electron chi connectivity index (χ0n) is 11.4. The first-order valence-corrected chi connectivity index (χ1v) is 7.54. The molecule has 1 aliphatic carbocycles. The van der Waals surface area contributed by atoms with Gasteiger partial charge in [-0.3, -0.25) is 4.79 Å². The minimum atomic E-state index is -0.208. The fraction of sp³-hybridized carbons (Fsp3) is 0.500. The van der Waals surface area contributed by atoms with Gasteiger partial charge in [0, 0.05) is 10.1 Å². The van der Waals surface area contributed by atoms with Crippen molar-refractivity contribution in [1.82, 2.24) is 5.32 Å². The van der Waals surface area contributed by atoms with Crippen LogP contribution in [0.2, 0.25) is 0 Å². The maximum atomic E-state index is 12.4. The molecule has 2 rings (SSSR count). The summed E-state index contributed by atoms with van der Waals surface area (Å²) in [4.78, 5) is 12.4. The first-order chi connectivity index (χ1) is 9.10. The van der Waals surface area contributed by atoms with Gasteiger partial charge in [0.2, 0.25) is 0 Å². The number of nitrogens with one attached hydrogen (secondary N) is 1. The second kappa shape index (κ2) is 7.47. The van der Waals surface area contributed by atoms with Crippen LogP contribution in [0.1, 0.15) is 36.0 Å². The molecule has 0 aliphatic heterocycles. The van der Waals surface area contributed by atoms with Gasteiger partial charge in [0.15, 0.2) is 0 Å². The van der Waals surface area contributed by atoms with Crippen molar-refractivity contribution in [3.63, 3.8) is 0 Å². The lowest BCUT2D eigenvalue weighted by Gasteiger charge is -2.29. The van der Waals surface area contributed by atoms with E-state index in [2.05, 4.69) is 27.9 Å². The number of ether oxygens (including phenoxy) is 1. The third kappa shape index (κ3) is 3.77. The van der Waals surface area contributed by atoms with Gasteiger partial charge in [-0.2, -0.15) is 0 Å². The van der Waals surface area contributed by atoms with Gasteiger partial charge in [0.25, 0.3) is 5.91 Å². The lowest BCUT2D eigenvalue weighted by Crippen LogP contribution is -2.51. The minimum Gasteiger partial charge on any atom is -0.497 e. The highest BCUT2D eigenvalue weighted by Gasteiger charge is 2.34. The Bertz CT molecular complexity index is 476. The molecule has 3 N–H and O–H groups in total. The Kier molecular flexibility index (Phi) is 6.54. The lowest BCUT2D eigenvalue weighted by molar-refractivity contribution is 0.0902. The molecular weight excluding hydrogens is 391 g/mol. The first kappa shape index (κ1) is 17.5. The van der Waals surface area contributed by atoms with E-state index in [4.69, 9.17) is 10.5 Å². The van der Waals surface area contributed by atoms with E-state index in [1.807, 2.05) is 6.07 Å². The molecule has 1 aromatic rings. The fourth-order valence-electron chi connectivity index (χ4n) is 2.55. The second-order valence-electron chi connectivity index (χ2n) is 4.99. The van der Waals surface area contributed by atoms with E-state index in [9.17, 15) is 4.79 Å². The monoisotopic (exact) mass is 410 g/mol. The van der Waals surface area contributed by atoms with Crippen molar-refractivity contribution in [3.8, 4) is 5.75 Å². The van der Waals surface area contributed by atoms with Crippen LogP contribution in [0, 0.1) is 3.57 Å². The number of nitrogens with two attached hydrogens (primary N) is 1. The summed E-state index contributed by atoms with van der Waals surface area (Å²) in [5.41, 5.74) is 6.32. The lowest BCUT2D eigenvalue weighted by atomic mass is 9.97. The third-order valence-electron chi connectivity index (χ3n) is 3.75. The van der Waals surface area contributed by atoms with E-state index in [1.165, 1.54) is 0 Å². The molecule has 0 saturated heterocycles. The van der Waals surface area contributed by atoms with Crippen LogP contribution in [0.4, 0.5) is 0 Å². The molecule has 0 atom stereocenters. The highest BCUT2D eigenvalue weighted by Crippen LogP contribution is 2.29. The zero-order chi connectivity index (χ0) is 13.9. The third-order valence-corrected chi connectivity index (χ3v) is 4.64. The molecule has 1 saturated carbocycles. The molecule has 1 aliphatic rings. The smallest absolute Gasteiger partial charge is 0.252 e. The number of halogens is 2. The van der Waals surface area contributed by atoms with Crippen molar-refractivity contribution in [1.29, 1.82) is 0 Å². The van der Waals surface area contributed by atoms with Crippen molar-refractivity contribution >= 4 is 40.9 Å². The van der Waals surface area contributed by atoms with Crippen molar-refractivity contribution in [2.75, 3.05) is 13.7 Å². The van der Waals surface area contributed by atoms with Gasteiger partial charge in [-0.15, -0.1) is 12.4 Å². The Balaban J connectivity index is 0.00000200. The molecule has 0 heterocycles. The number of hydrogen-bond donors (Lipinski definition) is 2. The van der Waals surface area contributed by atoms with E-state index in [-0.39, 0.29) is 23.9 Å². The van der Waals surface area contributed by atoms with Gasteiger partial charge < -0.3 is 15.8 Å². The normalized spacial score (nSPS) is 16.4. The van der Waals surface area contributed by atoms with Crippen LogP contribution in [0.5, 0.6) is 5.75 Å². The van der Waals surface area contributed by atoms with Crippen LogP contribution in [0.25, 0.3) is 0 Å². The van der Waals surface area contributed by atoms with Crippen LogP contribution in [-0.4, -0.2) is 25.1 Å². The predicted octanol–water partition coefficient (Wildman–Crippen LogP) is 2.72. The van der Waals surface area contributed by atoms with E-state index in [0.717, 1.165) is 35.0 Å².